The second-order valence-corrected chi connectivity index (χ2v) is 10.1. The third-order valence-corrected chi connectivity index (χ3v) is 7.13. The van der Waals surface area contributed by atoms with Gasteiger partial charge in [-0.3, -0.25) is 9.89 Å². The third kappa shape index (κ3) is 4.41. The van der Waals surface area contributed by atoms with Crippen molar-refractivity contribution < 1.29 is 0 Å². The van der Waals surface area contributed by atoms with E-state index in [1.807, 2.05) is 6.07 Å². The molecule has 4 nitrogen and oxygen atoms in total. The molecule has 0 aromatic heterocycles. The Balaban J connectivity index is 1.46. The quantitative estimate of drug-likeness (QED) is 0.454. The van der Waals surface area contributed by atoms with Crippen LogP contribution in [0.2, 0.25) is 0 Å². The Morgan fingerprint density at radius 2 is 1.85 bits per heavy atom. The van der Waals surface area contributed by atoms with E-state index >= 15 is 0 Å². The van der Waals surface area contributed by atoms with Crippen molar-refractivity contribution in [2.75, 3.05) is 13.1 Å². The third-order valence-electron chi connectivity index (χ3n) is 7.13. The van der Waals surface area contributed by atoms with Gasteiger partial charge in [0.25, 0.3) is 0 Å². The molecule has 0 saturated carbocycles. The van der Waals surface area contributed by atoms with Crippen molar-refractivity contribution in [1.82, 2.24) is 4.90 Å². The zero-order chi connectivity index (χ0) is 23.7. The van der Waals surface area contributed by atoms with Gasteiger partial charge in [0.05, 0.1) is 23.9 Å². The van der Waals surface area contributed by atoms with Gasteiger partial charge in [0.2, 0.25) is 0 Å². The normalized spacial score (nSPS) is 18.4. The van der Waals surface area contributed by atoms with Gasteiger partial charge in [-0.15, -0.1) is 0 Å². The van der Waals surface area contributed by atoms with Crippen LogP contribution in [-0.2, 0) is 13.0 Å². The molecular weight excluding hydrogens is 416 g/mol. The highest BCUT2D eigenvalue weighted by Crippen LogP contribution is 2.28. The summed E-state index contributed by atoms with van der Waals surface area (Å²) in [5.74, 6) is 1.30. The molecule has 4 heteroatoms. The molecule has 172 valence electrons. The molecule has 34 heavy (non-hydrogen) atoms. The van der Waals surface area contributed by atoms with Gasteiger partial charge in [-0.25, -0.2) is 4.99 Å². The minimum absolute atomic E-state index is 0.515. The molecule has 0 bridgehead atoms. The minimum atomic E-state index is 0.515. The van der Waals surface area contributed by atoms with Crippen LogP contribution in [0.25, 0.3) is 10.8 Å². The number of hydrogen-bond donors (Lipinski definition) is 0. The lowest BCUT2D eigenvalue weighted by atomic mass is 9.95. The van der Waals surface area contributed by atoms with Crippen LogP contribution in [0.1, 0.15) is 61.4 Å². The van der Waals surface area contributed by atoms with Crippen molar-refractivity contribution in [3.63, 3.8) is 0 Å². The first-order chi connectivity index (χ1) is 16.5. The van der Waals surface area contributed by atoms with E-state index in [4.69, 9.17) is 9.98 Å². The number of amidine groups is 1. The van der Waals surface area contributed by atoms with E-state index in [9.17, 15) is 5.26 Å². The first-order valence-corrected chi connectivity index (χ1v) is 12.4. The number of nitrogens with zero attached hydrogens (tertiary/aromatic N) is 4. The monoisotopic (exact) mass is 448 g/mol. The Hall–Kier alpha value is -3.29. The first kappa shape index (κ1) is 22.5. The Morgan fingerprint density at radius 3 is 2.59 bits per heavy atom. The van der Waals surface area contributed by atoms with Crippen molar-refractivity contribution in [2.45, 2.75) is 52.6 Å². The molecule has 0 amide bonds. The van der Waals surface area contributed by atoms with Crippen molar-refractivity contribution in [1.29, 1.82) is 5.26 Å². The standard InChI is InChI=1S/C30H32N4/c1-20(2)15-22-10-11-23(16-25(22)17-31)29-18-32-30(33-29)28-13-12-24(19-34-14-6-7-21(34)3)26-8-4-5-9-27(26)28/h4-5,8-13,16,20-21H,6-7,14-15,18-19H2,1-3H3. The summed E-state index contributed by atoms with van der Waals surface area (Å²) in [7, 11) is 0. The van der Waals surface area contributed by atoms with Crippen molar-refractivity contribution in [3.8, 4) is 6.07 Å². The maximum absolute atomic E-state index is 9.67. The molecule has 2 heterocycles. The smallest absolute Gasteiger partial charge is 0.155 e. The number of hydrogen-bond acceptors (Lipinski definition) is 4. The van der Waals surface area contributed by atoms with Gasteiger partial charge >= 0.3 is 0 Å². The predicted octanol–water partition coefficient (Wildman–Crippen LogP) is 6.14. The molecule has 2 aliphatic heterocycles. The SMILES string of the molecule is CC(C)Cc1ccc(C2=NC(c3ccc(CN4CCCC4C)c4ccccc34)=NC2)cc1C#N. The lowest BCUT2D eigenvalue weighted by Crippen LogP contribution is -2.26. The van der Waals surface area contributed by atoms with E-state index in [2.05, 4.69) is 80.3 Å². The topological polar surface area (TPSA) is 51.8 Å². The summed E-state index contributed by atoms with van der Waals surface area (Å²) in [4.78, 5) is 12.3. The van der Waals surface area contributed by atoms with Gasteiger partial charge in [-0.1, -0.05) is 62.4 Å². The molecule has 1 saturated heterocycles. The van der Waals surface area contributed by atoms with Crippen LogP contribution >= 0.6 is 0 Å². The fraction of sp³-hybridized carbons (Fsp3) is 0.367. The lowest BCUT2D eigenvalue weighted by Gasteiger charge is -2.22. The van der Waals surface area contributed by atoms with E-state index in [-0.39, 0.29) is 0 Å². The highest BCUT2D eigenvalue weighted by molar-refractivity contribution is 6.21. The number of likely N-dealkylation sites (tertiary alicyclic amines) is 1. The summed E-state index contributed by atoms with van der Waals surface area (Å²) in [6, 6.07) is 22.3. The minimum Gasteiger partial charge on any atom is -0.296 e. The number of nitriles is 1. The first-order valence-electron chi connectivity index (χ1n) is 12.4. The van der Waals surface area contributed by atoms with Crippen LogP contribution < -0.4 is 0 Å². The summed E-state index contributed by atoms with van der Waals surface area (Å²) in [6.07, 6.45) is 3.49. The Kier molecular flexibility index (Phi) is 6.30. The van der Waals surface area contributed by atoms with Crippen LogP contribution in [0, 0.1) is 17.2 Å². The molecule has 1 fully saturated rings. The van der Waals surface area contributed by atoms with Crippen LogP contribution in [0.3, 0.4) is 0 Å². The average Bonchev–Trinajstić information content (AvgIpc) is 3.49. The lowest BCUT2D eigenvalue weighted by molar-refractivity contribution is 0.261. The summed E-state index contributed by atoms with van der Waals surface area (Å²) in [5.41, 5.74) is 6.23. The molecule has 3 aromatic rings. The van der Waals surface area contributed by atoms with E-state index in [0.717, 1.165) is 46.8 Å². The highest BCUT2D eigenvalue weighted by atomic mass is 15.2. The summed E-state index contributed by atoms with van der Waals surface area (Å²) < 4.78 is 0. The second-order valence-electron chi connectivity index (χ2n) is 10.1. The fourth-order valence-corrected chi connectivity index (χ4v) is 5.27. The van der Waals surface area contributed by atoms with Crippen LogP contribution in [-0.4, -0.2) is 35.6 Å². The number of rotatable bonds is 6. The molecule has 5 rings (SSSR count). The number of aliphatic imine (C=N–C) groups is 2. The van der Waals surface area contributed by atoms with Crippen molar-refractivity contribution >= 4 is 22.3 Å². The number of benzene rings is 3. The molecular formula is C30H32N4. The predicted molar refractivity (Wildman–Crippen MR) is 141 cm³/mol. The van der Waals surface area contributed by atoms with Crippen LogP contribution in [0.15, 0.2) is 64.6 Å². The molecule has 2 aliphatic rings. The fourth-order valence-electron chi connectivity index (χ4n) is 5.27. The second kappa shape index (κ2) is 9.52. The molecule has 1 atom stereocenters. The van der Waals surface area contributed by atoms with Gasteiger partial charge in [0.15, 0.2) is 5.84 Å². The van der Waals surface area contributed by atoms with Gasteiger partial charge in [-0.05, 0) is 72.2 Å². The molecule has 3 aromatic carbocycles. The zero-order valence-corrected chi connectivity index (χ0v) is 20.4. The number of fused-ring (bicyclic) bond motifs is 1. The zero-order valence-electron chi connectivity index (χ0n) is 20.4. The summed E-state index contributed by atoms with van der Waals surface area (Å²) in [6.45, 7) is 9.40. The maximum Gasteiger partial charge on any atom is 0.155 e. The summed E-state index contributed by atoms with van der Waals surface area (Å²) in [5, 5.41) is 12.2. The Labute approximate surface area is 202 Å². The van der Waals surface area contributed by atoms with E-state index in [1.165, 1.54) is 35.7 Å². The molecule has 1 unspecified atom stereocenters. The van der Waals surface area contributed by atoms with E-state index in [0.29, 0.717) is 18.5 Å². The van der Waals surface area contributed by atoms with Gasteiger partial charge < -0.3 is 0 Å². The van der Waals surface area contributed by atoms with Gasteiger partial charge in [-0.2, -0.15) is 5.26 Å². The van der Waals surface area contributed by atoms with Crippen LogP contribution in [0.4, 0.5) is 0 Å². The molecule has 0 radical (unpaired) electrons. The molecule has 0 N–H and O–H groups in total. The Bertz CT molecular complexity index is 1330. The van der Waals surface area contributed by atoms with Crippen LogP contribution in [0.5, 0.6) is 0 Å². The highest BCUT2D eigenvalue weighted by Gasteiger charge is 2.22. The summed E-state index contributed by atoms with van der Waals surface area (Å²) >= 11 is 0. The van der Waals surface area contributed by atoms with Crippen molar-refractivity contribution in [2.24, 2.45) is 15.9 Å². The van der Waals surface area contributed by atoms with E-state index in [1.54, 1.807) is 0 Å². The Morgan fingerprint density at radius 1 is 1.06 bits per heavy atom. The van der Waals surface area contributed by atoms with Gasteiger partial charge in [0, 0.05) is 18.2 Å². The van der Waals surface area contributed by atoms with E-state index < -0.39 is 0 Å². The molecule has 0 spiro atoms. The largest absolute Gasteiger partial charge is 0.296 e. The van der Waals surface area contributed by atoms with Crippen molar-refractivity contribution in [3.05, 3.63) is 82.4 Å². The molecule has 0 aliphatic carbocycles. The van der Waals surface area contributed by atoms with Gasteiger partial charge in [0.1, 0.15) is 0 Å². The maximum atomic E-state index is 9.67. The average molecular weight is 449 g/mol.